The van der Waals surface area contributed by atoms with Gasteiger partial charge in [0.25, 0.3) is 17.4 Å². The van der Waals surface area contributed by atoms with Crippen LogP contribution in [-0.2, 0) is 26.2 Å². The molecule has 60 heavy (non-hydrogen) atoms. The minimum absolute atomic E-state index is 0.00807. The minimum atomic E-state index is -3.78. The first kappa shape index (κ1) is 38.6. The van der Waals surface area contributed by atoms with Crippen LogP contribution in [-0.4, -0.2) is 111 Å². The molecule has 2 aromatic carbocycles. The van der Waals surface area contributed by atoms with Crippen LogP contribution in [0.1, 0.15) is 90.1 Å². The summed E-state index contributed by atoms with van der Waals surface area (Å²) in [6.07, 6.45) is 7.75. The van der Waals surface area contributed by atoms with E-state index in [1.165, 1.54) is 10.4 Å². The second-order valence-corrected chi connectivity index (χ2v) is 18.8. The first-order valence-electron chi connectivity index (χ1n) is 20.7. The fourth-order valence-corrected chi connectivity index (χ4v) is 11.7. The van der Waals surface area contributed by atoms with Gasteiger partial charge in [0.1, 0.15) is 17.5 Å². The fourth-order valence-electron chi connectivity index (χ4n) is 10.2. The summed E-state index contributed by atoms with van der Waals surface area (Å²) in [7, 11) is -3.78. The molecule has 3 atom stereocenters. The molecule has 2 bridgehead atoms. The summed E-state index contributed by atoms with van der Waals surface area (Å²) in [5, 5.41) is 6.37. The second kappa shape index (κ2) is 14.8. The quantitative estimate of drug-likeness (QED) is 0.235. The number of amides is 4. The third-order valence-corrected chi connectivity index (χ3v) is 15.0. The summed E-state index contributed by atoms with van der Waals surface area (Å²) in [6, 6.07) is 11.6. The maximum Gasteiger partial charge on any atom is 0.262 e. The van der Waals surface area contributed by atoms with E-state index < -0.39 is 45.5 Å². The van der Waals surface area contributed by atoms with Gasteiger partial charge in [-0.2, -0.15) is 9.29 Å². The van der Waals surface area contributed by atoms with Gasteiger partial charge in [0.15, 0.2) is 0 Å². The Morgan fingerprint density at radius 1 is 0.850 bits per heavy atom. The number of carbonyl (C=O) groups is 4. The van der Waals surface area contributed by atoms with Crippen LogP contribution >= 0.6 is 0 Å². The van der Waals surface area contributed by atoms with Crippen molar-refractivity contribution in [3.8, 4) is 0 Å². The Balaban J connectivity index is 0.766. The molecule has 11 rings (SSSR count). The number of carbonyl (C=O) groups excluding carboxylic acids is 4. The van der Waals surface area contributed by atoms with E-state index in [9.17, 15) is 32.4 Å². The van der Waals surface area contributed by atoms with Gasteiger partial charge in [-0.1, -0.05) is 25.0 Å². The predicted molar refractivity (Wildman–Crippen MR) is 216 cm³/mol. The molecule has 5 saturated heterocycles. The number of sulfonamides is 1. The summed E-state index contributed by atoms with van der Waals surface area (Å²) in [5.74, 6) is -2.84. The van der Waals surface area contributed by atoms with E-state index in [1.807, 2.05) is 11.0 Å². The lowest BCUT2D eigenvalue weighted by Gasteiger charge is -2.57. The van der Waals surface area contributed by atoms with Gasteiger partial charge < -0.3 is 10.2 Å². The number of piperazine rings is 1. The van der Waals surface area contributed by atoms with Crippen LogP contribution in [0.15, 0.2) is 64.4 Å². The first-order chi connectivity index (χ1) is 28.9. The lowest BCUT2D eigenvalue weighted by molar-refractivity contribution is -0.136. The minimum Gasteiger partial charge on any atom is -0.360 e. The largest absolute Gasteiger partial charge is 0.360 e. The van der Waals surface area contributed by atoms with Crippen LogP contribution in [0.3, 0.4) is 0 Å². The van der Waals surface area contributed by atoms with Crippen LogP contribution in [0.4, 0.5) is 16.0 Å². The number of rotatable bonds is 9. The molecule has 6 aliphatic heterocycles. The number of hydrogen-bond acceptors (Lipinski definition) is 12. The molecule has 16 nitrogen and oxygen atoms in total. The first-order valence-corrected chi connectivity index (χ1v) is 22.2. The highest BCUT2D eigenvalue weighted by Gasteiger charge is 2.49. The van der Waals surface area contributed by atoms with E-state index in [4.69, 9.17) is 4.98 Å². The molecule has 0 radical (unpaired) electrons. The molecule has 4 amide bonds. The highest BCUT2D eigenvalue weighted by molar-refractivity contribution is 7.89. The van der Waals surface area contributed by atoms with Crippen molar-refractivity contribution in [2.24, 2.45) is 0 Å². The fraction of sp³-hybridized carbons (Fsp3) is 0.452. The molecule has 8 heterocycles. The highest BCUT2D eigenvalue weighted by Crippen LogP contribution is 2.41. The molecular weight excluding hydrogens is 794 g/mol. The van der Waals surface area contributed by atoms with Crippen LogP contribution < -0.4 is 21.1 Å². The van der Waals surface area contributed by atoms with Gasteiger partial charge in [0.2, 0.25) is 27.8 Å². The van der Waals surface area contributed by atoms with Crippen molar-refractivity contribution in [2.45, 2.75) is 99.4 Å². The summed E-state index contributed by atoms with van der Waals surface area (Å²) >= 11 is 0. The van der Waals surface area contributed by atoms with Crippen molar-refractivity contribution in [2.75, 3.05) is 36.4 Å². The van der Waals surface area contributed by atoms with E-state index in [1.54, 1.807) is 41.1 Å². The molecule has 6 fully saturated rings. The number of piperidine rings is 3. The molecule has 18 heteroatoms. The van der Waals surface area contributed by atoms with Crippen molar-refractivity contribution >= 4 is 56.3 Å². The molecule has 312 valence electrons. The Kier molecular flexibility index (Phi) is 9.55. The van der Waals surface area contributed by atoms with Crippen molar-refractivity contribution < 1.29 is 32.0 Å². The number of aromatic nitrogens is 3. The van der Waals surface area contributed by atoms with Crippen molar-refractivity contribution in [3.63, 3.8) is 0 Å². The summed E-state index contributed by atoms with van der Waals surface area (Å²) in [5.41, 5.74) is 1.56. The van der Waals surface area contributed by atoms with Gasteiger partial charge in [-0.25, -0.2) is 17.8 Å². The number of anilines is 2. The van der Waals surface area contributed by atoms with E-state index in [0.717, 1.165) is 54.0 Å². The van der Waals surface area contributed by atoms with Gasteiger partial charge >= 0.3 is 0 Å². The summed E-state index contributed by atoms with van der Waals surface area (Å²) in [4.78, 5) is 78.1. The van der Waals surface area contributed by atoms with Crippen LogP contribution in [0.25, 0.3) is 11.0 Å². The van der Waals surface area contributed by atoms with Crippen molar-refractivity contribution in [3.05, 3.63) is 87.6 Å². The summed E-state index contributed by atoms with van der Waals surface area (Å²) < 4.78 is 46.8. The second-order valence-electron chi connectivity index (χ2n) is 16.9. The molecule has 1 aliphatic carbocycles. The Morgan fingerprint density at radius 2 is 1.58 bits per heavy atom. The van der Waals surface area contributed by atoms with E-state index >= 15 is 4.39 Å². The number of nitrogens with one attached hydrogen (secondary N) is 2. The average molecular weight is 838 g/mol. The van der Waals surface area contributed by atoms with Gasteiger partial charge in [-0.15, -0.1) is 0 Å². The molecule has 1 saturated carbocycles. The van der Waals surface area contributed by atoms with Gasteiger partial charge in [-0.05, 0) is 74.4 Å². The third kappa shape index (κ3) is 6.64. The lowest BCUT2D eigenvalue weighted by Crippen LogP contribution is -2.69. The maximum atomic E-state index is 15.7. The van der Waals surface area contributed by atoms with Crippen molar-refractivity contribution in [1.82, 2.24) is 34.0 Å². The molecule has 0 spiro atoms. The Morgan fingerprint density at radius 3 is 2.32 bits per heavy atom. The van der Waals surface area contributed by atoms with E-state index in [0.29, 0.717) is 57.2 Å². The Hall–Kier alpha value is -5.59. The monoisotopic (exact) mass is 837 g/mol. The van der Waals surface area contributed by atoms with Crippen LogP contribution in [0.2, 0.25) is 0 Å². The lowest BCUT2D eigenvalue weighted by atomic mass is 9.86. The summed E-state index contributed by atoms with van der Waals surface area (Å²) in [6.45, 7) is 2.31. The molecular formula is C42H44FN9O7S. The number of nitrogens with zero attached hydrogens (tertiary/aromatic N) is 7. The maximum absolute atomic E-state index is 15.7. The number of hydrogen-bond donors (Lipinski definition) is 2. The van der Waals surface area contributed by atoms with Crippen molar-refractivity contribution in [1.29, 1.82) is 0 Å². The smallest absolute Gasteiger partial charge is 0.262 e. The molecule has 7 aliphatic rings. The SMILES string of the molecule is O=C1CCC(N2C(=O)c3cc(F)c(N4C5CC4CN(Cc4cccc(S(=O)(=O)N6CCC(Nc7ncc8ccc(=O)n(C9CCCC9)c8n7)CC6)c4)C5)cc3C2=O)C(=O)N1. The zero-order chi connectivity index (χ0) is 41.4. The molecule has 3 unspecified atom stereocenters. The zero-order valence-corrected chi connectivity index (χ0v) is 33.6. The van der Waals surface area contributed by atoms with Gasteiger partial charge in [0, 0.05) is 81.0 Å². The third-order valence-electron chi connectivity index (χ3n) is 13.1. The predicted octanol–water partition coefficient (Wildman–Crippen LogP) is 3.18. The topological polar surface area (TPSA) is 187 Å². The Bertz CT molecular complexity index is 2630. The van der Waals surface area contributed by atoms with Gasteiger partial charge in [-0.3, -0.25) is 43.7 Å². The molecule has 2 aromatic heterocycles. The Labute approximate surface area is 344 Å². The standard InChI is InChI=1S/C42H44FN9O7S/c43-33-18-31-32(41(57)52(40(31)56)34-9-10-36(53)46-39(34)55)19-35(33)50-28-17-29(50)23-48(22-28)21-24-4-3-7-30(16-24)60(58,59)49-14-12-26(13-15-49)45-42-44-20-25-8-11-37(54)51(38(25)47-42)27-5-1-2-6-27/h3-4,7-8,11,16,18-20,26-29,34H,1-2,5-6,9-10,12-15,17,21-23H2,(H,44,45,47)(H,46,53,55). The van der Waals surface area contributed by atoms with Crippen LogP contribution in [0, 0.1) is 5.82 Å². The number of imide groups is 2. The normalized spacial score (nSPS) is 24.2. The highest BCUT2D eigenvalue weighted by atomic mass is 32.2. The molecule has 2 N–H and O–H groups in total. The zero-order valence-electron chi connectivity index (χ0n) is 32.8. The number of fused-ring (bicyclic) bond motifs is 4. The molecule has 4 aromatic rings. The number of halogens is 1. The van der Waals surface area contributed by atoms with E-state index in [2.05, 4.69) is 20.5 Å². The van der Waals surface area contributed by atoms with Crippen LogP contribution in [0.5, 0.6) is 0 Å². The number of pyridine rings is 1. The number of benzene rings is 2. The van der Waals surface area contributed by atoms with E-state index in [-0.39, 0.29) is 64.3 Å². The van der Waals surface area contributed by atoms with Gasteiger partial charge in [0.05, 0.1) is 21.7 Å². The average Bonchev–Trinajstić information content (AvgIpc) is 3.84.